The first-order chi connectivity index (χ1) is 5.08. The Morgan fingerprint density at radius 1 is 1.64 bits per heavy atom. The molecule has 0 aromatic carbocycles. The van der Waals surface area contributed by atoms with Gasteiger partial charge in [-0.05, 0) is 0 Å². The van der Waals surface area contributed by atoms with Crippen LogP contribution in [0.5, 0.6) is 0 Å². The normalized spacial score (nSPS) is 30.5. The van der Waals surface area contributed by atoms with Gasteiger partial charge in [-0.2, -0.15) is 0 Å². The van der Waals surface area contributed by atoms with Crippen molar-refractivity contribution in [3.63, 3.8) is 0 Å². The second-order valence-electron chi connectivity index (χ2n) is 2.56. The molecule has 0 aromatic heterocycles. The maximum Gasteiger partial charge on any atom is 0.337 e. The Hall–Kier alpha value is -1.17. The van der Waals surface area contributed by atoms with Crippen molar-refractivity contribution in [3.05, 3.63) is 4.91 Å². The fourth-order valence-electron chi connectivity index (χ4n) is 1.02. The van der Waals surface area contributed by atoms with Crippen LogP contribution in [-0.4, -0.2) is 39.9 Å². The van der Waals surface area contributed by atoms with Gasteiger partial charge >= 0.3 is 5.97 Å². The third-order valence-corrected chi connectivity index (χ3v) is 1.74. The number of hydrogen-bond acceptors (Lipinski definition) is 4. The number of carboxylic acid groups (broad SMARTS) is 1. The third-order valence-electron chi connectivity index (χ3n) is 1.74. The maximum absolute atomic E-state index is 10.4. The standard InChI is InChI=1S/C5H8N2O4/c8-4(9)5(10)1-2-7(3-5)6-11/h10H,1-3H2,(H,8,9). The monoisotopic (exact) mass is 160 g/mol. The predicted octanol–water partition coefficient (Wildman–Crippen LogP) is -0.811. The highest BCUT2D eigenvalue weighted by Gasteiger charge is 2.43. The smallest absolute Gasteiger partial charge is 0.337 e. The van der Waals surface area contributed by atoms with Crippen LogP contribution in [0.1, 0.15) is 6.42 Å². The first kappa shape index (κ1) is 7.93. The zero-order valence-electron chi connectivity index (χ0n) is 5.73. The number of hydrogen-bond donors (Lipinski definition) is 2. The molecule has 1 unspecified atom stereocenters. The van der Waals surface area contributed by atoms with Crippen molar-refractivity contribution < 1.29 is 15.0 Å². The Morgan fingerprint density at radius 3 is 2.55 bits per heavy atom. The summed E-state index contributed by atoms with van der Waals surface area (Å²) < 4.78 is 0. The number of aliphatic hydroxyl groups is 1. The molecule has 62 valence electrons. The molecular formula is C5H8N2O4. The van der Waals surface area contributed by atoms with E-state index < -0.39 is 11.6 Å². The molecule has 1 heterocycles. The Labute approximate surface area is 62.4 Å². The average molecular weight is 160 g/mol. The van der Waals surface area contributed by atoms with Crippen LogP contribution >= 0.6 is 0 Å². The van der Waals surface area contributed by atoms with Crippen LogP contribution in [0.2, 0.25) is 0 Å². The van der Waals surface area contributed by atoms with Gasteiger partial charge in [0.15, 0.2) is 5.60 Å². The van der Waals surface area contributed by atoms with Crippen molar-refractivity contribution in [3.8, 4) is 0 Å². The molecule has 11 heavy (non-hydrogen) atoms. The molecule has 0 saturated carbocycles. The number of rotatable bonds is 2. The molecule has 1 fully saturated rings. The third kappa shape index (κ3) is 1.30. The molecular weight excluding hydrogens is 152 g/mol. The molecule has 0 spiro atoms. The molecule has 2 N–H and O–H groups in total. The van der Waals surface area contributed by atoms with Crippen LogP contribution < -0.4 is 0 Å². The summed E-state index contributed by atoms with van der Waals surface area (Å²) in [6.45, 7) is -0.0157. The van der Waals surface area contributed by atoms with Gasteiger partial charge in [0.25, 0.3) is 0 Å². The summed E-state index contributed by atoms with van der Waals surface area (Å²) in [5.41, 5.74) is -1.78. The minimum absolute atomic E-state index is 0.0497. The molecule has 0 aliphatic carbocycles. The molecule has 6 heteroatoms. The molecule has 0 bridgehead atoms. The van der Waals surface area contributed by atoms with Crippen LogP contribution in [0.3, 0.4) is 0 Å². The van der Waals surface area contributed by atoms with E-state index in [1.807, 2.05) is 0 Å². The van der Waals surface area contributed by atoms with Crippen molar-refractivity contribution in [1.29, 1.82) is 0 Å². The maximum atomic E-state index is 10.4. The lowest BCUT2D eigenvalue weighted by Gasteiger charge is -2.14. The van der Waals surface area contributed by atoms with E-state index in [9.17, 15) is 14.8 Å². The van der Waals surface area contributed by atoms with Crippen molar-refractivity contribution in [1.82, 2.24) is 5.01 Å². The lowest BCUT2D eigenvalue weighted by molar-refractivity contribution is -0.156. The van der Waals surface area contributed by atoms with Gasteiger partial charge in [0.05, 0.1) is 11.8 Å². The Bertz CT molecular complexity index is 195. The quantitative estimate of drug-likeness (QED) is 0.515. The van der Waals surface area contributed by atoms with Gasteiger partial charge in [0, 0.05) is 13.0 Å². The summed E-state index contributed by atoms with van der Waals surface area (Å²) in [5, 5.41) is 21.2. The van der Waals surface area contributed by atoms with Gasteiger partial charge in [0.1, 0.15) is 0 Å². The summed E-state index contributed by atoms with van der Waals surface area (Å²) in [6, 6.07) is 0. The first-order valence-electron chi connectivity index (χ1n) is 3.12. The van der Waals surface area contributed by atoms with Gasteiger partial charge in [-0.3, -0.25) is 5.01 Å². The number of carboxylic acids is 1. The topological polar surface area (TPSA) is 90.2 Å². The number of β-amino-alcohol motifs (C(OH)–C–C–N with tert-alkyl or cyclic N) is 1. The van der Waals surface area contributed by atoms with Crippen LogP contribution in [0.4, 0.5) is 0 Å². The zero-order valence-corrected chi connectivity index (χ0v) is 5.73. The van der Waals surface area contributed by atoms with E-state index in [2.05, 4.69) is 5.29 Å². The summed E-state index contributed by atoms with van der Waals surface area (Å²) in [7, 11) is 0. The highest BCUT2D eigenvalue weighted by molar-refractivity contribution is 5.77. The first-order valence-corrected chi connectivity index (χ1v) is 3.12. The number of carbonyl (C=O) groups is 1. The second-order valence-corrected chi connectivity index (χ2v) is 2.56. The molecule has 1 rings (SSSR count). The number of nitroso groups, excluding NO2 is 1. The Kier molecular flexibility index (Phi) is 1.77. The van der Waals surface area contributed by atoms with E-state index in [0.29, 0.717) is 0 Å². The van der Waals surface area contributed by atoms with Crippen LogP contribution in [0.15, 0.2) is 5.29 Å². The summed E-state index contributed by atoms with van der Waals surface area (Å²) in [6.07, 6.45) is 0.0497. The number of aliphatic carboxylic acids is 1. The van der Waals surface area contributed by atoms with E-state index in [4.69, 9.17) is 5.11 Å². The van der Waals surface area contributed by atoms with Crippen molar-refractivity contribution in [2.75, 3.05) is 13.1 Å². The van der Waals surface area contributed by atoms with Gasteiger partial charge in [-0.1, -0.05) is 0 Å². The van der Waals surface area contributed by atoms with E-state index in [1.165, 1.54) is 0 Å². The molecule has 0 radical (unpaired) electrons. The molecule has 0 aromatic rings. The highest BCUT2D eigenvalue weighted by Crippen LogP contribution is 2.20. The fourth-order valence-corrected chi connectivity index (χ4v) is 1.02. The van der Waals surface area contributed by atoms with Crippen molar-refractivity contribution in [2.24, 2.45) is 5.29 Å². The van der Waals surface area contributed by atoms with Crippen LogP contribution in [0.25, 0.3) is 0 Å². The van der Waals surface area contributed by atoms with Crippen molar-refractivity contribution in [2.45, 2.75) is 12.0 Å². The zero-order chi connectivity index (χ0) is 8.48. The fraction of sp³-hybridized carbons (Fsp3) is 0.800. The van der Waals surface area contributed by atoms with Crippen LogP contribution in [-0.2, 0) is 4.79 Å². The molecule has 1 aliphatic heterocycles. The molecule has 1 aliphatic rings. The van der Waals surface area contributed by atoms with E-state index in [0.717, 1.165) is 5.01 Å². The molecule has 1 atom stereocenters. The van der Waals surface area contributed by atoms with Crippen LogP contribution in [0, 0.1) is 4.91 Å². The van der Waals surface area contributed by atoms with Crippen molar-refractivity contribution >= 4 is 5.97 Å². The van der Waals surface area contributed by atoms with Gasteiger partial charge < -0.3 is 10.2 Å². The average Bonchev–Trinajstić information content (AvgIpc) is 2.33. The number of nitrogens with zero attached hydrogens (tertiary/aromatic N) is 2. The molecule has 6 nitrogen and oxygen atoms in total. The van der Waals surface area contributed by atoms with Gasteiger partial charge in [0.2, 0.25) is 0 Å². The highest BCUT2D eigenvalue weighted by atomic mass is 16.4. The molecule has 0 amide bonds. The lowest BCUT2D eigenvalue weighted by Crippen LogP contribution is -2.40. The lowest BCUT2D eigenvalue weighted by atomic mass is 10.1. The summed E-state index contributed by atoms with van der Waals surface area (Å²) >= 11 is 0. The van der Waals surface area contributed by atoms with E-state index in [1.54, 1.807) is 0 Å². The van der Waals surface area contributed by atoms with Gasteiger partial charge in [-0.25, -0.2) is 4.79 Å². The second kappa shape index (κ2) is 2.46. The summed E-state index contributed by atoms with van der Waals surface area (Å²) in [5.74, 6) is -1.30. The summed E-state index contributed by atoms with van der Waals surface area (Å²) in [4.78, 5) is 20.3. The SMILES string of the molecule is O=NN1CCC(O)(C(=O)O)C1. The molecule has 1 saturated heterocycles. The predicted molar refractivity (Wildman–Crippen MR) is 34.6 cm³/mol. The van der Waals surface area contributed by atoms with E-state index in [-0.39, 0.29) is 19.5 Å². The Balaban J connectivity index is 2.64. The minimum atomic E-state index is -1.78. The van der Waals surface area contributed by atoms with E-state index >= 15 is 0 Å². The van der Waals surface area contributed by atoms with Gasteiger partial charge in [-0.15, -0.1) is 4.91 Å². The largest absolute Gasteiger partial charge is 0.479 e. The minimum Gasteiger partial charge on any atom is -0.479 e. The Morgan fingerprint density at radius 2 is 2.27 bits per heavy atom.